The number of rotatable bonds is 5. The molecule has 0 bridgehead atoms. The van der Waals surface area contributed by atoms with E-state index >= 15 is 0 Å². The number of aromatic nitrogens is 1. The van der Waals surface area contributed by atoms with E-state index in [2.05, 4.69) is 15.2 Å². The molecule has 0 saturated carbocycles. The van der Waals surface area contributed by atoms with Crippen molar-refractivity contribution in [2.24, 2.45) is 0 Å². The summed E-state index contributed by atoms with van der Waals surface area (Å²) >= 11 is 0. The zero-order valence-electron chi connectivity index (χ0n) is 12.6. The molecule has 1 amide bonds. The van der Waals surface area contributed by atoms with Crippen LogP contribution in [0.4, 0.5) is 0 Å². The summed E-state index contributed by atoms with van der Waals surface area (Å²) in [6.45, 7) is 5.33. The third-order valence-electron chi connectivity index (χ3n) is 3.83. The Morgan fingerprint density at radius 2 is 2.14 bits per heavy atom. The first kappa shape index (κ1) is 15.7. The summed E-state index contributed by atoms with van der Waals surface area (Å²) in [4.78, 5) is 28.9. The van der Waals surface area contributed by atoms with Gasteiger partial charge in [-0.3, -0.25) is 9.59 Å². The van der Waals surface area contributed by atoms with Gasteiger partial charge in [0.25, 0.3) is 11.5 Å². The molecular formula is C15H23N3O3. The van der Waals surface area contributed by atoms with Crippen molar-refractivity contribution in [3.63, 3.8) is 0 Å². The number of amides is 1. The van der Waals surface area contributed by atoms with E-state index in [1.807, 2.05) is 0 Å². The highest BCUT2D eigenvalue weighted by molar-refractivity contribution is 5.93. The Bertz CT molecular complexity index is 533. The number of methoxy groups -OCH3 is 1. The van der Waals surface area contributed by atoms with Crippen molar-refractivity contribution < 1.29 is 9.53 Å². The number of nitrogens with one attached hydrogen (secondary N) is 2. The van der Waals surface area contributed by atoms with Gasteiger partial charge in [-0.15, -0.1) is 0 Å². The summed E-state index contributed by atoms with van der Waals surface area (Å²) in [5.41, 5.74) is 0.607. The van der Waals surface area contributed by atoms with E-state index in [1.165, 1.54) is 0 Å². The van der Waals surface area contributed by atoms with Crippen LogP contribution in [0.2, 0.25) is 0 Å². The van der Waals surface area contributed by atoms with Crippen molar-refractivity contribution >= 4 is 5.91 Å². The molecule has 0 aliphatic carbocycles. The molecule has 0 aromatic carbocycles. The maximum Gasteiger partial charge on any atom is 0.260 e. The van der Waals surface area contributed by atoms with Crippen molar-refractivity contribution in [3.05, 3.63) is 33.7 Å². The smallest absolute Gasteiger partial charge is 0.260 e. The lowest BCUT2D eigenvalue weighted by molar-refractivity contribution is 0.0891. The molecule has 1 saturated heterocycles. The Morgan fingerprint density at radius 3 is 2.76 bits per heavy atom. The molecule has 2 heterocycles. The monoisotopic (exact) mass is 293 g/mol. The number of pyridine rings is 1. The van der Waals surface area contributed by atoms with Crippen LogP contribution in [-0.2, 0) is 4.74 Å². The lowest BCUT2D eigenvalue weighted by atomic mass is 10.0. The first-order chi connectivity index (χ1) is 10.1. The Kier molecular flexibility index (Phi) is 5.52. The predicted molar refractivity (Wildman–Crippen MR) is 80.6 cm³/mol. The van der Waals surface area contributed by atoms with Crippen LogP contribution >= 0.6 is 0 Å². The SMILES string of the molecule is COCCN1CCC(NC(=O)c2ccc(C)[nH]c2=O)CC1. The summed E-state index contributed by atoms with van der Waals surface area (Å²) in [6.07, 6.45) is 1.80. The number of H-pyrrole nitrogens is 1. The minimum atomic E-state index is -0.329. The summed E-state index contributed by atoms with van der Waals surface area (Å²) < 4.78 is 5.07. The average Bonchev–Trinajstić information content (AvgIpc) is 2.46. The highest BCUT2D eigenvalue weighted by Gasteiger charge is 2.21. The Balaban J connectivity index is 1.85. The number of carbonyl (C=O) groups excluding carboxylic acids is 1. The van der Waals surface area contributed by atoms with Gasteiger partial charge in [0.1, 0.15) is 5.56 Å². The fourth-order valence-corrected chi connectivity index (χ4v) is 2.54. The van der Waals surface area contributed by atoms with Crippen LogP contribution in [0.1, 0.15) is 28.9 Å². The van der Waals surface area contributed by atoms with E-state index in [4.69, 9.17) is 4.74 Å². The molecule has 1 aromatic heterocycles. The molecule has 21 heavy (non-hydrogen) atoms. The molecule has 1 aliphatic heterocycles. The van der Waals surface area contributed by atoms with E-state index in [0.29, 0.717) is 0 Å². The van der Waals surface area contributed by atoms with Gasteiger partial charge in [-0.25, -0.2) is 0 Å². The Labute approximate surface area is 124 Å². The van der Waals surface area contributed by atoms with E-state index < -0.39 is 0 Å². The molecule has 0 atom stereocenters. The number of nitrogens with zero attached hydrogens (tertiary/aromatic N) is 1. The van der Waals surface area contributed by atoms with Crippen LogP contribution in [-0.4, -0.2) is 55.2 Å². The van der Waals surface area contributed by atoms with Gasteiger partial charge in [-0.05, 0) is 31.9 Å². The molecule has 2 N–H and O–H groups in total. The molecule has 6 heteroatoms. The summed E-state index contributed by atoms with van der Waals surface area (Å²) in [5, 5.41) is 2.96. The van der Waals surface area contributed by atoms with Crippen LogP contribution in [0.15, 0.2) is 16.9 Å². The van der Waals surface area contributed by atoms with Crippen LogP contribution in [0.25, 0.3) is 0 Å². The molecule has 0 spiro atoms. The highest BCUT2D eigenvalue weighted by Crippen LogP contribution is 2.10. The largest absolute Gasteiger partial charge is 0.383 e. The van der Waals surface area contributed by atoms with Gasteiger partial charge in [0, 0.05) is 38.5 Å². The maximum atomic E-state index is 12.1. The van der Waals surface area contributed by atoms with Gasteiger partial charge in [-0.2, -0.15) is 0 Å². The van der Waals surface area contributed by atoms with Gasteiger partial charge < -0.3 is 19.9 Å². The lowest BCUT2D eigenvalue weighted by Crippen LogP contribution is -2.46. The minimum absolute atomic E-state index is 0.136. The number of hydrogen-bond donors (Lipinski definition) is 2. The molecule has 1 fully saturated rings. The normalized spacial score (nSPS) is 16.9. The second-order valence-electron chi connectivity index (χ2n) is 5.47. The fraction of sp³-hybridized carbons (Fsp3) is 0.600. The van der Waals surface area contributed by atoms with E-state index in [-0.39, 0.29) is 23.1 Å². The minimum Gasteiger partial charge on any atom is -0.383 e. The predicted octanol–water partition coefficient (Wildman–Crippen LogP) is 0.524. The molecule has 1 aromatic rings. The van der Waals surface area contributed by atoms with Gasteiger partial charge in [0.15, 0.2) is 0 Å². The van der Waals surface area contributed by atoms with Crippen molar-refractivity contribution in [1.82, 2.24) is 15.2 Å². The lowest BCUT2D eigenvalue weighted by Gasteiger charge is -2.32. The van der Waals surface area contributed by atoms with Crippen molar-refractivity contribution in [1.29, 1.82) is 0 Å². The maximum absolute atomic E-state index is 12.1. The molecule has 0 unspecified atom stereocenters. The van der Waals surface area contributed by atoms with Crippen molar-refractivity contribution in [2.75, 3.05) is 33.4 Å². The van der Waals surface area contributed by atoms with Crippen LogP contribution < -0.4 is 10.9 Å². The second-order valence-corrected chi connectivity index (χ2v) is 5.47. The zero-order valence-corrected chi connectivity index (χ0v) is 12.6. The molecule has 0 radical (unpaired) electrons. The molecule has 6 nitrogen and oxygen atoms in total. The summed E-state index contributed by atoms with van der Waals surface area (Å²) in [6, 6.07) is 3.46. The fourth-order valence-electron chi connectivity index (χ4n) is 2.54. The quantitative estimate of drug-likeness (QED) is 0.830. The van der Waals surface area contributed by atoms with E-state index in [9.17, 15) is 9.59 Å². The third-order valence-corrected chi connectivity index (χ3v) is 3.83. The summed E-state index contributed by atoms with van der Waals surface area (Å²) in [7, 11) is 1.70. The van der Waals surface area contributed by atoms with Crippen molar-refractivity contribution in [3.8, 4) is 0 Å². The number of carbonyl (C=O) groups is 1. The molecular weight excluding hydrogens is 270 g/mol. The number of ether oxygens (including phenoxy) is 1. The Morgan fingerprint density at radius 1 is 1.43 bits per heavy atom. The standard InChI is InChI=1S/C15H23N3O3/c1-11-3-4-13(14(19)16-11)15(20)17-12-5-7-18(8-6-12)9-10-21-2/h3-4,12H,5-10H2,1-2H3,(H,16,19)(H,17,20). The van der Waals surface area contributed by atoms with Crippen LogP contribution in [0, 0.1) is 6.92 Å². The number of likely N-dealkylation sites (tertiary alicyclic amines) is 1. The second kappa shape index (κ2) is 7.38. The highest BCUT2D eigenvalue weighted by atomic mass is 16.5. The van der Waals surface area contributed by atoms with Gasteiger partial charge >= 0.3 is 0 Å². The first-order valence-electron chi connectivity index (χ1n) is 7.32. The molecule has 2 rings (SSSR count). The first-order valence-corrected chi connectivity index (χ1v) is 7.32. The number of piperidine rings is 1. The van der Waals surface area contributed by atoms with Crippen molar-refractivity contribution in [2.45, 2.75) is 25.8 Å². The number of aryl methyl sites for hydroxylation is 1. The van der Waals surface area contributed by atoms with E-state index in [1.54, 1.807) is 26.2 Å². The molecule has 116 valence electrons. The van der Waals surface area contributed by atoms with E-state index in [0.717, 1.165) is 44.8 Å². The van der Waals surface area contributed by atoms with Gasteiger partial charge in [0.05, 0.1) is 6.61 Å². The third kappa shape index (κ3) is 4.41. The van der Waals surface area contributed by atoms with Gasteiger partial charge in [0.2, 0.25) is 0 Å². The van der Waals surface area contributed by atoms with Crippen LogP contribution in [0.5, 0.6) is 0 Å². The topological polar surface area (TPSA) is 74.4 Å². The Hall–Kier alpha value is -1.66. The van der Waals surface area contributed by atoms with Gasteiger partial charge in [-0.1, -0.05) is 0 Å². The van der Waals surface area contributed by atoms with Crippen LogP contribution in [0.3, 0.4) is 0 Å². The summed E-state index contributed by atoms with van der Waals surface area (Å²) in [5.74, 6) is -0.286. The number of hydrogen-bond acceptors (Lipinski definition) is 4. The average molecular weight is 293 g/mol. The number of aromatic amines is 1. The molecule has 1 aliphatic rings. The zero-order chi connectivity index (χ0) is 15.2.